The average molecular weight is 516 g/mol. The lowest BCUT2D eigenvalue weighted by molar-refractivity contribution is -0.112. The normalized spacial score (nSPS) is 11.2. The van der Waals surface area contributed by atoms with E-state index in [4.69, 9.17) is 25.7 Å². The highest BCUT2D eigenvalue weighted by molar-refractivity contribution is 7.13. The standard InChI is InChI=1S/C29H29N3O4S/c1-34-25-15-21(16-26(35-2)28(25)36-3)32-17-19-8-6-18(7-9-19)13-23(29(31)33)22-14-20(10-11-24(22)30)27-5-4-12-37-27/h4-16,32H,17,30H2,1-3H3,(H2,31,33)/b23-13-. The number of carbonyl (C=O) groups excluding carboxylic acids is 1. The van der Waals surface area contributed by atoms with Crippen molar-refractivity contribution in [1.29, 1.82) is 0 Å². The van der Waals surface area contributed by atoms with Crippen LogP contribution in [0.4, 0.5) is 11.4 Å². The van der Waals surface area contributed by atoms with Crippen LogP contribution < -0.4 is 31.0 Å². The maximum Gasteiger partial charge on any atom is 0.249 e. The lowest BCUT2D eigenvalue weighted by Crippen LogP contribution is -2.14. The zero-order valence-corrected chi connectivity index (χ0v) is 21.7. The maximum absolute atomic E-state index is 12.4. The highest BCUT2D eigenvalue weighted by Crippen LogP contribution is 2.40. The van der Waals surface area contributed by atoms with Crippen molar-refractivity contribution in [2.45, 2.75) is 6.54 Å². The predicted octanol–water partition coefficient (Wildman–Crippen LogP) is 5.66. The molecule has 190 valence electrons. The van der Waals surface area contributed by atoms with Crippen LogP contribution in [0.3, 0.4) is 0 Å². The summed E-state index contributed by atoms with van der Waals surface area (Å²) in [6, 6.07) is 21.2. The number of ether oxygens (including phenoxy) is 3. The third-order valence-corrected chi connectivity index (χ3v) is 6.79. The van der Waals surface area contributed by atoms with Gasteiger partial charge in [0.15, 0.2) is 11.5 Å². The number of anilines is 2. The Bertz CT molecular complexity index is 1390. The van der Waals surface area contributed by atoms with Crippen LogP contribution in [-0.4, -0.2) is 27.2 Å². The van der Waals surface area contributed by atoms with E-state index in [-0.39, 0.29) is 0 Å². The number of primary amides is 1. The van der Waals surface area contributed by atoms with Crippen LogP contribution in [0.2, 0.25) is 0 Å². The molecule has 4 rings (SSSR count). The molecule has 0 spiro atoms. The number of methoxy groups -OCH3 is 3. The molecule has 4 aromatic rings. The minimum atomic E-state index is -0.539. The summed E-state index contributed by atoms with van der Waals surface area (Å²) in [6.07, 6.45) is 1.77. The average Bonchev–Trinajstić information content (AvgIpc) is 3.46. The summed E-state index contributed by atoms with van der Waals surface area (Å²) in [6.45, 7) is 0.571. The van der Waals surface area contributed by atoms with E-state index in [0.29, 0.717) is 40.6 Å². The summed E-state index contributed by atoms with van der Waals surface area (Å²) < 4.78 is 16.2. The molecule has 0 bridgehead atoms. The van der Waals surface area contributed by atoms with Gasteiger partial charge in [0.2, 0.25) is 11.7 Å². The van der Waals surface area contributed by atoms with Crippen LogP contribution in [-0.2, 0) is 11.3 Å². The minimum absolute atomic E-state index is 0.360. The van der Waals surface area contributed by atoms with Crippen molar-refractivity contribution in [3.8, 4) is 27.7 Å². The topological polar surface area (TPSA) is 109 Å². The van der Waals surface area contributed by atoms with Crippen molar-refractivity contribution in [3.63, 3.8) is 0 Å². The molecule has 0 atom stereocenters. The minimum Gasteiger partial charge on any atom is -0.493 e. The molecule has 0 radical (unpaired) electrons. The molecule has 1 aromatic heterocycles. The highest BCUT2D eigenvalue weighted by atomic mass is 32.1. The lowest BCUT2D eigenvalue weighted by Gasteiger charge is -2.15. The number of rotatable bonds is 10. The molecule has 5 N–H and O–H groups in total. The molecule has 0 aliphatic heterocycles. The molecule has 8 heteroatoms. The van der Waals surface area contributed by atoms with E-state index in [1.807, 2.05) is 66.0 Å². The Morgan fingerprint density at radius 3 is 2.22 bits per heavy atom. The second-order valence-electron chi connectivity index (χ2n) is 8.21. The Kier molecular flexibility index (Phi) is 8.00. The number of benzene rings is 3. The third-order valence-electron chi connectivity index (χ3n) is 5.87. The zero-order chi connectivity index (χ0) is 26.4. The monoisotopic (exact) mass is 515 g/mol. The number of nitrogens with one attached hydrogen (secondary N) is 1. The van der Waals surface area contributed by atoms with Crippen molar-refractivity contribution >= 4 is 40.3 Å². The molecule has 37 heavy (non-hydrogen) atoms. The molecule has 3 aromatic carbocycles. The quantitative estimate of drug-likeness (QED) is 0.143. The predicted molar refractivity (Wildman–Crippen MR) is 151 cm³/mol. The Hall–Kier alpha value is -4.43. The number of amides is 1. The van der Waals surface area contributed by atoms with Gasteiger partial charge in [0.1, 0.15) is 0 Å². The van der Waals surface area contributed by atoms with Crippen molar-refractivity contribution in [3.05, 3.63) is 88.8 Å². The fraction of sp³-hybridized carbons (Fsp3) is 0.138. The van der Waals surface area contributed by atoms with E-state index in [1.54, 1.807) is 44.8 Å². The molecule has 1 heterocycles. The van der Waals surface area contributed by atoms with Gasteiger partial charge in [-0.3, -0.25) is 4.79 Å². The summed E-state index contributed by atoms with van der Waals surface area (Å²) in [5, 5.41) is 5.38. The summed E-state index contributed by atoms with van der Waals surface area (Å²) >= 11 is 1.62. The van der Waals surface area contributed by atoms with Crippen LogP contribution in [0, 0.1) is 0 Å². The largest absolute Gasteiger partial charge is 0.493 e. The molecule has 0 saturated carbocycles. The fourth-order valence-corrected chi connectivity index (χ4v) is 4.68. The first kappa shape index (κ1) is 25.7. The molecule has 0 fully saturated rings. The van der Waals surface area contributed by atoms with Gasteiger partial charge in [-0.25, -0.2) is 0 Å². The van der Waals surface area contributed by atoms with Crippen LogP contribution in [0.25, 0.3) is 22.1 Å². The van der Waals surface area contributed by atoms with Gasteiger partial charge in [-0.2, -0.15) is 0 Å². The van der Waals surface area contributed by atoms with E-state index in [1.165, 1.54) is 0 Å². The summed E-state index contributed by atoms with van der Waals surface area (Å²) in [5.74, 6) is 1.15. The van der Waals surface area contributed by atoms with Crippen molar-refractivity contribution in [2.75, 3.05) is 32.4 Å². The molecule has 0 unspecified atom stereocenters. The number of hydrogen-bond donors (Lipinski definition) is 3. The smallest absolute Gasteiger partial charge is 0.249 e. The number of nitrogen functional groups attached to an aromatic ring is 1. The summed E-state index contributed by atoms with van der Waals surface area (Å²) in [4.78, 5) is 13.5. The Morgan fingerprint density at radius 1 is 0.946 bits per heavy atom. The zero-order valence-electron chi connectivity index (χ0n) is 20.9. The van der Waals surface area contributed by atoms with Crippen molar-refractivity contribution in [1.82, 2.24) is 0 Å². The first-order valence-electron chi connectivity index (χ1n) is 11.5. The van der Waals surface area contributed by atoms with Crippen LogP contribution >= 0.6 is 11.3 Å². The van der Waals surface area contributed by atoms with Gasteiger partial charge < -0.3 is 31.0 Å². The molecular weight excluding hydrogens is 486 g/mol. The highest BCUT2D eigenvalue weighted by Gasteiger charge is 2.15. The van der Waals surface area contributed by atoms with E-state index >= 15 is 0 Å². The summed E-state index contributed by atoms with van der Waals surface area (Å²) in [5.41, 5.74) is 17.2. The first-order valence-corrected chi connectivity index (χ1v) is 12.4. The van der Waals surface area contributed by atoms with E-state index in [9.17, 15) is 4.79 Å². The van der Waals surface area contributed by atoms with Crippen LogP contribution in [0.5, 0.6) is 17.2 Å². The Morgan fingerprint density at radius 2 is 1.65 bits per heavy atom. The second-order valence-corrected chi connectivity index (χ2v) is 9.16. The Balaban J connectivity index is 1.54. The van der Waals surface area contributed by atoms with Gasteiger partial charge in [-0.05, 0) is 46.3 Å². The van der Waals surface area contributed by atoms with Gasteiger partial charge in [0, 0.05) is 46.1 Å². The molecule has 0 aliphatic rings. The third kappa shape index (κ3) is 5.87. The van der Waals surface area contributed by atoms with Crippen molar-refractivity contribution in [2.24, 2.45) is 5.73 Å². The number of carbonyl (C=O) groups is 1. The van der Waals surface area contributed by atoms with Gasteiger partial charge in [-0.1, -0.05) is 36.4 Å². The SMILES string of the molecule is COc1cc(NCc2ccc(/C=C(\C(N)=O)c3cc(-c4cccs4)ccc3N)cc2)cc(OC)c1OC. The van der Waals surface area contributed by atoms with Gasteiger partial charge in [0.05, 0.1) is 21.3 Å². The second kappa shape index (κ2) is 11.5. The molecule has 1 amide bonds. The number of hydrogen-bond acceptors (Lipinski definition) is 7. The van der Waals surface area contributed by atoms with Gasteiger partial charge >= 0.3 is 0 Å². The first-order chi connectivity index (χ1) is 17.9. The molecule has 0 aliphatic carbocycles. The number of nitrogens with two attached hydrogens (primary N) is 2. The van der Waals surface area contributed by atoms with Gasteiger partial charge in [-0.15, -0.1) is 11.3 Å². The van der Waals surface area contributed by atoms with E-state index < -0.39 is 5.91 Å². The van der Waals surface area contributed by atoms with Crippen molar-refractivity contribution < 1.29 is 19.0 Å². The summed E-state index contributed by atoms with van der Waals surface area (Å²) in [7, 11) is 4.74. The van der Waals surface area contributed by atoms with Crippen LogP contribution in [0.15, 0.2) is 72.1 Å². The fourth-order valence-electron chi connectivity index (χ4n) is 3.95. The Labute approximate surface area is 220 Å². The number of thiophene rings is 1. The maximum atomic E-state index is 12.4. The van der Waals surface area contributed by atoms with E-state index in [2.05, 4.69) is 5.32 Å². The van der Waals surface area contributed by atoms with Gasteiger partial charge in [0.25, 0.3) is 0 Å². The molecule has 7 nitrogen and oxygen atoms in total. The lowest BCUT2D eigenvalue weighted by atomic mass is 9.97. The molecule has 0 saturated heterocycles. The molecular formula is C29H29N3O4S. The van der Waals surface area contributed by atoms with E-state index in [0.717, 1.165) is 27.3 Å². The van der Waals surface area contributed by atoms with Crippen LogP contribution in [0.1, 0.15) is 16.7 Å².